The minimum absolute atomic E-state index is 0.0130. The summed E-state index contributed by atoms with van der Waals surface area (Å²) in [5, 5.41) is 2.11. The zero-order valence-electron chi connectivity index (χ0n) is 18.1. The molecule has 0 atom stereocenters. The van der Waals surface area contributed by atoms with Gasteiger partial charge in [0, 0.05) is 43.9 Å². The zero-order valence-corrected chi connectivity index (χ0v) is 18.1. The van der Waals surface area contributed by atoms with Crippen LogP contribution in [0, 0.1) is 6.92 Å². The van der Waals surface area contributed by atoms with Crippen LogP contribution >= 0.6 is 0 Å². The van der Waals surface area contributed by atoms with Crippen molar-refractivity contribution >= 4 is 22.5 Å². The van der Waals surface area contributed by atoms with E-state index in [4.69, 9.17) is 9.72 Å². The molecule has 30 heavy (non-hydrogen) atoms. The molecule has 0 bridgehead atoms. The van der Waals surface area contributed by atoms with Crippen molar-refractivity contribution in [2.45, 2.75) is 26.7 Å². The van der Waals surface area contributed by atoms with E-state index in [-0.39, 0.29) is 11.8 Å². The Kier molecular flexibility index (Phi) is 5.57. The van der Waals surface area contributed by atoms with Crippen molar-refractivity contribution < 1.29 is 9.53 Å². The fourth-order valence-corrected chi connectivity index (χ4v) is 3.86. The van der Waals surface area contributed by atoms with Crippen LogP contribution in [0.4, 0.5) is 5.82 Å². The number of hydrogen-bond donors (Lipinski definition) is 0. The normalized spacial score (nSPS) is 14.4. The molecule has 0 aliphatic carbocycles. The summed E-state index contributed by atoms with van der Waals surface area (Å²) in [5.41, 5.74) is 1.59. The van der Waals surface area contributed by atoms with Gasteiger partial charge in [0.05, 0.1) is 12.7 Å². The van der Waals surface area contributed by atoms with E-state index < -0.39 is 0 Å². The highest BCUT2D eigenvalue weighted by Crippen LogP contribution is 2.28. The summed E-state index contributed by atoms with van der Waals surface area (Å²) in [4.78, 5) is 26.7. The smallest absolute Gasteiger partial charge is 0.257 e. The summed E-state index contributed by atoms with van der Waals surface area (Å²) in [7, 11) is 1.61. The Morgan fingerprint density at radius 1 is 1.00 bits per heavy atom. The van der Waals surface area contributed by atoms with Gasteiger partial charge in [-0.05, 0) is 29.8 Å². The number of piperazine rings is 1. The van der Waals surface area contributed by atoms with Crippen LogP contribution in [0.2, 0.25) is 0 Å². The Balaban J connectivity index is 1.52. The maximum atomic E-state index is 13.3. The minimum Gasteiger partial charge on any atom is -0.496 e. The molecule has 6 heteroatoms. The number of nitrogens with zero attached hydrogens (tertiary/aromatic N) is 4. The Labute approximate surface area is 177 Å². The number of rotatable bonds is 4. The number of methoxy groups -OCH3 is 1. The number of carbonyl (C=O) groups excluding carboxylic acids is 1. The van der Waals surface area contributed by atoms with Crippen molar-refractivity contribution in [2.24, 2.45) is 0 Å². The number of anilines is 1. The molecule has 0 radical (unpaired) electrons. The third kappa shape index (κ3) is 3.95. The molecule has 1 fully saturated rings. The molecule has 0 N–H and O–H groups in total. The van der Waals surface area contributed by atoms with Gasteiger partial charge in [-0.25, -0.2) is 9.97 Å². The molecule has 1 aromatic heterocycles. The molecule has 0 spiro atoms. The van der Waals surface area contributed by atoms with Crippen LogP contribution < -0.4 is 9.64 Å². The van der Waals surface area contributed by atoms with E-state index in [9.17, 15) is 4.79 Å². The molecule has 0 saturated carbocycles. The van der Waals surface area contributed by atoms with E-state index in [2.05, 4.69) is 23.7 Å². The highest BCUT2D eigenvalue weighted by molar-refractivity contribution is 6.01. The molecule has 1 amide bonds. The average molecular weight is 405 g/mol. The Morgan fingerprint density at radius 2 is 1.67 bits per heavy atom. The average Bonchev–Trinajstić information content (AvgIpc) is 2.77. The Bertz CT molecular complexity index is 1070. The van der Waals surface area contributed by atoms with Crippen LogP contribution in [0.1, 0.15) is 41.6 Å². The van der Waals surface area contributed by atoms with Gasteiger partial charge in [0.15, 0.2) is 0 Å². The highest BCUT2D eigenvalue weighted by Gasteiger charge is 2.25. The second-order valence-electron chi connectivity index (χ2n) is 8.06. The van der Waals surface area contributed by atoms with Crippen molar-refractivity contribution in [3.05, 3.63) is 59.5 Å². The molecule has 156 valence electrons. The molecule has 1 aliphatic rings. The minimum atomic E-state index is 0.0130. The lowest BCUT2D eigenvalue weighted by molar-refractivity contribution is 0.0743. The zero-order chi connectivity index (χ0) is 21.3. The molecule has 3 aromatic rings. The monoisotopic (exact) mass is 404 g/mol. The van der Waals surface area contributed by atoms with E-state index in [1.807, 2.05) is 54.3 Å². The number of amides is 1. The fourth-order valence-electron chi connectivity index (χ4n) is 3.86. The molecule has 2 aromatic carbocycles. The van der Waals surface area contributed by atoms with E-state index in [0.717, 1.165) is 41.2 Å². The first-order chi connectivity index (χ1) is 14.5. The van der Waals surface area contributed by atoms with Crippen LogP contribution in [0.3, 0.4) is 0 Å². The van der Waals surface area contributed by atoms with Gasteiger partial charge in [0.2, 0.25) is 0 Å². The predicted molar refractivity (Wildman–Crippen MR) is 119 cm³/mol. The fraction of sp³-hybridized carbons (Fsp3) is 0.375. The van der Waals surface area contributed by atoms with Gasteiger partial charge in [-0.2, -0.15) is 0 Å². The SMILES string of the molecule is COc1cc2ccccc2cc1C(=O)N1CCN(c2cc(C)nc(C(C)C)n2)CC1. The predicted octanol–water partition coefficient (Wildman–Crippen LogP) is 4.03. The van der Waals surface area contributed by atoms with E-state index in [1.54, 1.807) is 7.11 Å². The molecule has 2 heterocycles. The van der Waals surface area contributed by atoms with Gasteiger partial charge in [-0.15, -0.1) is 0 Å². The molecule has 6 nitrogen and oxygen atoms in total. The van der Waals surface area contributed by atoms with Gasteiger partial charge in [0.25, 0.3) is 5.91 Å². The summed E-state index contributed by atoms with van der Waals surface area (Å²) in [6.45, 7) is 9.00. The standard InChI is InChI=1S/C24H28N4O2/c1-16(2)23-25-17(3)13-22(26-23)27-9-11-28(12-10-27)24(29)20-14-18-7-5-6-8-19(18)15-21(20)30-4/h5-8,13-16H,9-12H2,1-4H3. The van der Waals surface area contributed by atoms with Gasteiger partial charge in [-0.1, -0.05) is 38.1 Å². The summed E-state index contributed by atoms with van der Waals surface area (Å²) in [6.07, 6.45) is 0. The summed E-state index contributed by atoms with van der Waals surface area (Å²) >= 11 is 0. The number of benzene rings is 2. The number of aromatic nitrogens is 2. The lowest BCUT2D eigenvalue weighted by Crippen LogP contribution is -2.49. The molecular weight excluding hydrogens is 376 g/mol. The van der Waals surface area contributed by atoms with Crippen molar-refractivity contribution in [3.63, 3.8) is 0 Å². The van der Waals surface area contributed by atoms with Crippen molar-refractivity contribution in [1.82, 2.24) is 14.9 Å². The summed E-state index contributed by atoms with van der Waals surface area (Å²) in [6, 6.07) is 13.9. The molecule has 1 aliphatic heterocycles. The lowest BCUT2D eigenvalue weighted by atomic mass is 10.0. The van der Waals surface area contributed by atoms with Crippen molar-refractivity contribution in [1.29, 1.82) is 0 Å². The molecule has 1 saturated heterocycles. The Hall–Kier alpha value is -3.15. The largest absolute Gasteiger partial charge is 0.496 e. The maximum Gasteiger partial charge on any atom is 0.257 e. The molecule has 0 unspecified atom stereocenters. The molecular formula is C24H28N4O2. The van der Waals surface area contributed by atoms with Crippen LogP contribution in [0.5, 0.6) is 5.75 Å². The first-order valence-corrected chi connectivity index (χ1v) is 10.4. The second-order valence-corrected chi connectivity index (χ2v) is 8.06. The van der Waals surface area contributed by atoms with Crippen LogP contribution in [0.15, 0.2) is 42.5 Å². The highest BCUT2D eigenvalue weighted by atomic mass is 16.5. The Morgan fingerprint density at radius 3 is 2.30 bits per heavy atom. The van der Waals surface area contributed by atoms with Crippen LogP contribution in [-0.4, -0.2) is 54.1 Å². The van der Waals surface area contributed by atoms with E-state index in [0.29, 0.717) is 24.4 Å². The van der Waals surface area contributed by atoms with E-state index >= 15 is 0 Å². The second kappa shape index (κ2) is 8.30. The summed E-state index contributed by atoms with van der Waals surface area (Å²) in [5.74, 6) is 2.73. The van der Waals surface area contributed by atoms with Crippen molar-refractivity contribution in [3.8, 4) is 5.75 Å². The third-order valence-electron chi connectivity index (χ3n) is 5.56. The summed E-state index contributed by atoms with van der Waals surface area (Å²) < 4.78 is 5.53. The van der Waals surface area contributed by atoms with Crippen LogP contribution in [-0.2, 0) is 0 Å². The molecule has 4 rings (SSSR count). The van der Waals surface area contributed by atoms with E-state index in [1.165, 1.54) is 0 Å². The quantitative estimate of drug-likeness (QED) is 0.657. The number of fused-ring (bicyclic) bond motifs is 1. The number of ether oxygens (including phenoxy) is 1. The topological polar surface area (TPSA) is 58.6 Å². The van der Waals surface area contributed by atoms with Gasteiger partial charge in [0.1, 0.15) is 17.4 Å². The number of carbonyl (C=O) groups is 1. The van der Waals surface area contributed by atoms with Gasteiger partial charge >= 0.3 is 0 Å². The first-order valence-electron chi connectivity index (χ1n) is 10.4. The first kappa shape index (κ1) is 20.1. The lowest BCUT2D eigenvalue weighted by Gasteiger charge is -2.36. The maximum absolute atomic E-state index is 13.3. The van der Waals surface area contributed by atoms with Crippen LogP contribution in [0.25, 0.3) is 10.8 Å². The number of aryl methyl sites for hydroxylation is 1. The van der Waals surface area contributed by atoms with Crippen molar-refractivity contribution in [2.75, 3.05) is 38.2 Å². The van der Waals surface area contributed by atoms with Gasteiger partial charge in [-0.3, -0.25) is 4.79 Å². The number of hydrogen-bond acceptors (Lipinski definition) is 5. The van der Waals surface area contributed by atoms with Gasteiger partial charge < -0.3 is 14.5 Å². The third-order valence-corrected chi connectivity index (χ3v) is 5.56.